The number of carbonyl (C=O) groups is 1. The number of hydrogen-bond donors (Lipinski definition) is 0. The van der Waals surface area contributed by atoms with Crippen molar-refractivity contribution < 1.29 is 18.5 Å². The molecule has 0 aliphatic heterocycles. The standard InChI is InChI=1S/C15H10INO4/c16-11-4-1-3-10(7-11)15(18)20-9-12-8-14(21-17-12)13-5-2-6-19-13/h1-8H,9H2. The van der Waals surface area contributed by atoms with Crippen LogP contribution >= 0.6 is 22.6 Å². The molecule has 0 saturated carbocycles. The highest BCUT2D eigenvalue weighted by molar-refractivity contribution is 14.1. The van der Waals surface area contributed by atoms with Crippen molar-refractivity contribution >= 4 is 28.6 Å². The summed E-state index contributed by atoms with van der Waals surface area (Å²) in [5, 5.41) is 3.84. The van der Waals surface area contributed by atoms with E-state index in [1.165, 1.54) is 0 Å². The van der Waals surface area contributed by atoms with Crippen molar-refractivity contribution in [2.75, 3.05) is 0 Å². The Balaban J connectivity index is 1.64. The number of esters is 1. The molecule has 0 radical (unpaired) electrons. The van der Waals surface area contributed by atoms with E-state index in [9.17, 15) is 4.79 Å². The summed E-state index contributed by atoms with van der Waals surface area (Å²) in [6.45, 7) is 0.0501. The summed E-state index contributed by atoms with van der Waals surface area (Å²) in [5.74, 6) is 0.689. The second-order valence-corrected chi connectivity index (χ2v) is 5.49. The zero-order chi connectivity index (χ0) is 14.7. The van der Waals surface area contributed by atoms with E-state index >= 15 is 0 Å². The molecular formula is C15H10INO4. The number of ether oxygens (including phenoxy) is 1. The number of hydrogen-bond acceptors (Lipinski definition) is 5. The molecule has 3 aromatic rings. The van der Waals surface area contributed by atoms with Crippen LogP contribution in [0.15, 0.2) is 57.7 Å². The monoisotopic (exact) mass is 395 g/mol. The minimum absolute atomic E-state index is 0.0501. The lowest BCUT2D eigenvalue weighted by molar-refractivity contribution is 0.0464. The average molecular weight is 395 g/mol. The van der Waals surface area contributed by atoms with Crippen molar-refractivity contribution in [2.24, 2.45) is 0 Å². The van der Waals surface area contributed by atoms with Gasteiger partial charge >= 0.3 is 5.97 Å². The van der Waals surface area contributed by atoms with Crippen molar-refractivity contribution in [1.29, 1.82) is 0 Å². The van der Waals surface area contributed by atoms with E-state index in [4.69, 9.17) is 13.7 Å². The van der Waals surface area contributed by atoms with Gasteiger partial charge in [0, 0.05) is 9.64 Å². The fraction of sp³-hybridized carbons (Fsp3) is 0.0667. The first-order chi connectivity index (χ1) is 10.2. The molecule has 6 heteroatoms. The highest BCUT2D eigenvalue weighted by Crippen LogP contribution is 2.21. The zero-order valence-corrected chi connectivity index (χ0v) is 12.9. The van der Waals surface area contributed by atoms with Crippen LogP contribution in [0.4, 0.5) is 0 Å². The fourth-order valence-corrected chi connectivity index (χ4v) is 2.30. The van der Waals surface area contributed by atoms with Gasteiger partial charge in [-0.2, -0.15) is 0 Å². The molecule has 5 nitrogen and oxygen atoms in total. The molecular weight excluding hydrogens is 385 g/mol. The summed E-state index contributed by atoms with van der Waals surface area (Å²) in [6.07, 6.45) is 1.55. The summed E-state index contributed by atoms with van der Waals surface area (Å²) >= 11 is 2.14. The topological polar surface area (TPSA) is 65.5 Å². The predicted molar refractivity (Wildman–Crippen MR) is 82.5 cm³/mol. The summed E-state index contributed by atoms with van der Waals surface area (Å²) in [7, 11) is 0. The number of halogens is 1. The van der Waals surface area contributed by atoms with E-state index in [1.54, 1.807) is 36.6 Å². The van der Waals surface area contributed by atoms with Gasteiger partial charge in [0.25, 0.3) is 0 Å². The number of rotatable bonds is 4. The molecule has 2 aromatic heterocycles. The van der Waals surface area contributed by atoms with Crippen LogP contribution in [0, 0.1) is 3.57 Å². The number of aromatic nitrogens is 1. The van der Waals surface area contributed by atoms with Crippen LogP contribution in [-0.2, 0) is 11.3 Å². The van der Waals surface area contributed by atoms with Crippen LogP contribution < -0.4 is 0 Å². The van der Waals surface area contributed by atoms with Gasteiger partial charge in [0.15, 0.2) is 5.76 Å². The van der Waals surface area contributed by atoms with Crippen LogP contribution in [0.5, 0.6) is 0 Å². The summed E-state index contributed by atoms with van der Waals surface area (Å²) in [5.41, 5.74) is 1.04. The SMILES string of the molecule is O=C(OCc1cc(-c2ccco2)on1)c1cccc(I)c1. The lowest BCUT2D eigenvalue weighted by atomic mass is 10.2. The number of nitrogens with zero attached hydrogens (tertiary/aromatic N) is 1. The van der Waals surface area contributed by atoms with Crippen molar-refractivity contribution in [3.63, 3.8) is 0 Å². The first kappa shape index (κ1) is 13.9. The second-order valence-electron chi connectivity index (χ2n) is 4.25. The molecule has 0 N–H and O–H groups in total. The van der Waals surface area contributed by atoms with Gasteiger partial charge in [0.1, 0.15) is 12.3 Å². The lowest BCUT2D eigenvalue weighted by Crippen LogP contribution is -2.05. The Morgan fingerprint density at radius 1 is 1.19 bits per heavy atom. The van der Waals surface area contributed by atoms with Gasteiger partial charge in [-0.25, -0.2) is 4.79 Å². The van der Waals surface area contributed by atoms with Crippen LogP contribution in [0.25, 0.3) is 11.5 Å². The molecule has 0 atom stereocenters. The smallest absolute Gasteiger partial charge is 0.338 e. The van der Waals surface area contributed by atoms with E-state index in [-0.39, 0.29) is 6.61 Å². The van der Waals surface area contributed by atoms with E-state index in [0.29, 0.717) is 22.8 Å². The number of furan rings is 1. The Morgan fingerprint density at radius 3 is 2.86 bits per heavy atom. The quantitative estimate of drug-likeness (QED) is 0.495. The fourth-order valence-electron chi connectivity index (χ4n) is 1.75. The van der Waals surface area contributed by atoms with Crippen LogP contribution in [-0.4, -0.2) is 11.1 Å². The largest absolute Gasteiger partial charge is 0.461 e. The van der Waals surface area contributed by atoms with E-state index in [2.05, 4.69) is 27.7 Å². The van der Waals surface area contributed by atoms with E-state index in [1.807, 2.05) is 12.1 Å². The minimum Gasteiger partial charge on any atom is -0.461 e. The highest BCUT2D eigenvalue weighted by Gasteiger charge is 2.12. The number of benzene rings is 1. The van der Waals surface area contributed by atoms with Gasteiger partial charge in [-0.15, -0.1) is 0 Å². The van der Waals surface area contributed by atoms with E-state index in [0.717, 1.165) is 3.57 Å². The Hall–Kier alpha value is -2.09. The second kappa shape index (κ2) is 6.13. The van der Waals surface area contributed by atoms with Crippen molar-refractivity contribution in [3.05, 3.63) is 63.6 Å². The van der Waals surface area contributed by atoms with Crippen molar-refractivity contribution in [3.8, 4) is 11.5 Å². The van der Waals surface area contributed by atoms with Gasteiger partial charge in [-0.05, 0) is 52.9 Å². The Bertz CT molecular complexity index is 749. The van der Waals surface area contributed by atoms with Gasteiger partial charge in [-0.3, -0.25) is 0 Å². The Labute approximate surface area is 134 Å². The third kappa shape index (κ3) is 3.33. The zero-order valence-electron chi connectivity index (χ0n) is 10.8. The van der Waals surface area contributed by atoms with Gasteiger partial charge in [-0.1, -0.05) is 11.2 Å². The van der Waals surface area contributed by atoms with Crippen LogP contribution in [0.1, 0.15) is 16.1 Å². The molecule has 106 valence electrons. The third-order valence-corrected chi connectivity index (χ3v) is 3.41. The molecule has 0 aliphatic rings. The van der Waals surface area contributed by atoms with Crippen LogP contribution in [0.3, 0.4) is 0 Å². The molecule has 0 saturated heterocycles. The Kier molecular flexibility index (Phi) is 4.05. The summed E-state index contributed by atoms with van der Waals surface area (Å²) in [6, 6.07) is 12.4. The average Bonchev–Trinajstić information content (AvgIpc) is 3.15. The third-order valence-electron chi connectivity index (χ3n) is 2.73. The maximum atomic E-state index is 11.9. The maximum absolute atomic E-state index is 11.9. The molecule has 0 bridgehead atoms. The number of carbonyl (C=O) groups excluding carboxylic acids is 1. The molecule has 3 rings (SSSR count). The highest BCUT2D eigenvalue weighted by atomic mass is 127. The van der Waals surface area contributed by atoms with Gasteiger partial charge in [0.05, 0.1) is 11.8 Å². The summed E-state index contributed by atoms with van der Waals surface area (Å²) in [4.78, 5) is 11.9. The molecule has 1 aromatic carbocycles. The van der Waals surface area contributed by atoms with Crippen molar-refractivity contribution in [2.45, 2.75) is 6.61 Å². The molecule has 0 unspecified atom stereocenters. The first-order valence-electron chi connectivity index (χ1n) is 6.14. The van der Waals surface area contributed by atoms with Gasteiger partial charge in [0.2, 0.25) is 5.76 Å². The summed E-state index contributed by atoms with van der Waals surface area (Å²) < 4.78 is 16.5. The van der Waals surface area contributed by atoms with Gasteiger partial charge < -0.3 is 13.7 Å². The maximum Gasteiger partial charge on any atom is 0.338 e. The van der Waals surface area contributed by atoms with Crippen LogP contribution in [0.2, 0.25) is 0 Å². The molecule has 21 heavy (non-hydrogen) atoms. The van der Waals surface area contributed by atoms with Crippen molar-refractivity contribution in [1.82, 2.24) is 5.16 Å². The first-order valence-corrected chi connectivity index (χ1v) is 7.22. The minimum atomic E-state index is -0.393. The molecule has 2 heterocycles. The molecule has 0 amide bonds. The van der Waals surface area contributed by atoms with E-state index < -0.39 is 5.97 Å². The lowest BCUT2D eigenvalue weighted by Gasteiger charge is -2.02. The molecule has 0 aliphatic carbocycles. The Morgan fingerprint density at radius 2 is 2.10 bits per heavy atom. The molecule has 0 spiro atoms. The predicted octanol–water partition coefficient (Wildman–Crippen LogP) is 3.90. The normalized spacial score (nSPS) is 10.5. The molecule has 0 fully saturated rings.